The number of unbranched alkanes of at least 4 members (excludes halogenated alkanes) is 3. The molecule has 5 N–H and O–H groups in total. The van der Waals surface area contributed by atoms with Crippen LogP contribution in [-0.4, -0.2) is 71.4 Å². The zero-order chi connectivity index (χ0) is 28.3. The van der Waals surface area contributed by atoms with E-state index in [1.165, 1.54) is 12.1 Å². The van der Waals surface area contributed by atoms with E-state index in [0.717, 1.165) is 30.6 Å². The van der Waals surface area contributed by atoms with Gasteiger partial charge in [0.05, 0.1) is 11.1 Å². The summed E-state index contributed by atoms with van der Waals surface area (Å²) in [5.41, 5.74) is 5.15. The van der Waals surface area contributed by atoms with E-state index >= 15 is 0 Å². The van der Waals surface area contributed by atoms with Gasteiger partial charge in [0.2, 0.25) is 5.91 Å². The molecule has 0 bridgehead atoms. The van der Waals surface area contributed by atoms with E-state index in [1.54, 1.807) is 26.8 Å². The molecule has 0 fully saturated rings. The Hall–Kier alpha value is -3.67. The van der Waals surface area contributed by atoms with Crippen LogP contribution in [-0.2, 0) is 19.1 Å². The summed E-state index contributed by atoms with van der Waals surface area (Å²) in [6, 6.07) is 3.37. The van der Waals surface area contributed by atoms with Crippen molar-refractivity contribution in [3.05, 3.63) is 29.3 Å². The topological polar surface area (TPSA) is 177 Å². The second kappa shape index (κ2) is 14.3. The van der Waals surface area contributed by atoms with Crippen molar-refractivity contribution in [2.45, 2.75) is 77.2 Å². The SMILES string of the molecule is CC(C)(C)OC(=O)NCCCCCCNC(=O)COc1cccc2c1C(O)N(C(CCC=O)C(N)=O)C2=O. The van der Waals surface area contributed by atoms with Gasteiger partial charge in [0.15, 0.2) is 12.8 Å². The number of nitrogens with zero attached hydrogens (tertiary/aromatic N) is 1. The molecular weight excluding hydrogens is 496 g/mol. The molecule has 4 amide bonds. The maximum Gasteiger partial charge on any atom is 0.407 e. The van der Waals surface area contributed by atoms with E-state index in [4.69, 9.17) is 15.2 Å². The molecule has 38 heavy (non-hydrogen) atoms. The molecule has 0 spiro atoms. The van der Waals surface area contributed by atoms with Crippen LogP contribution in [0.15, 0.2) is 18.2 Å². The number of nitrogens with one attached hydrogen (secondary N) is 2. The average Bonchev–Trinajstić information content (AvgIpc) is 3.09. The maximum absolute atomic E-state index is 12.9. The number of amides is 4. The van der Waals surface area contributed by atoms with Crippen molar-refractivity contribution in [2.75, 3.05) is 19.7 Å². The van der Waals surface area contributed by atoms with Gasteiger partial charge >= 0.3 is 6.09 Å². The molecule has 0 aliphatic carbocycles. The predicted molar refractivity (Wildman–Crippen MR) is 137 cm³/mol. The number of fused-ring (bicyclic) bond motifs is 1. The minimum absolute atomic E-state index is 0.00699. The number of nitrogens with two attached hydrogens (primary N) is 1. The van der Waals surface area contributed by atoms with Gasteiger partial charge in [-0.05, 0) is 52.2 Å². The van der Waals surface area contributed by atoms with Crippen molar-refractivity contribution in [2.24, 2.45) is 5.73 Å². The first-order valence-corrected chi connectivity index (χ1v) is 12.7. The van der Waals surface area contributed by atoms with Gasteiger partial charge in [0, 0.05) is 19.5 Å². The minimum atomic E-state index is -1.51. The first-order chi connectivity index (χ1) is 18.0. The number of aliphatic hydroxyl groups is 1. The third-order valence-corrected chi connectivity index (χ3v) is 5.73. The van der Waals surface area contributed by atoms with Crippen LogP contribution in [0.2, 0.25) is 0 Å². The van der Waals surface area contributed by atoms with E-state index in [2.05, 4.69) is 10.6 Å². The molecule has 0 saturated heterocycles. The van der Waals surface area contributed by atoms with Crippen molar-refractivity contribution < 1.29 is 38.6 Å². The summed E-state index contributed by atoms with van der Waals surface area (Å²) in [7, 11) is 0. The van der Waals surface area contributed by atoms with Gasteiger partial charge in [0.1, 0.15) is 23.7 Å². The summed E-state index contributed by atoms with van der Waals surface area (Å²) in [5.74, 6) is -1.69. The number of primary amides is 1. The number of ether oxygens (including phenoxy) is 2. The second-order valence-electron chi connectivity index (χ2n) is 9.95. The summed E-state index contributed by atoms with van der Waals surface area (Å²) in [5, 5.41) is 16.3. The van der Waals surface area contributed by atoms with Crippen LogP contribution in [0.4, 0.5) is 4.79 Å². The summed E-state index contributed by atoms with van der Waals surface area (Å²) in [6.45, 7) is 6.03. The number of carbonyl (C=O) groups excluding carboxylic acids is 5. The Balaban J connectivity index is 1.76. The van der Waals surface area contributed by atoms with Crippen LogP contribution in [0, 0.1) is 0 Å². The average molecular weight is 535 g/mol. The highest BCUT2D eigenvalue weighted by Gasteiger charge is 2.43. The summed E-state index contributed by atoms with van der Waals surface area (Å²) in [6.07, 6.45) is 1.90. The van der Waals surface area contributed by atoms with Crippen LogP contribution < -0.4 is 21.1 Å². The number of hydrogen-bond acceptors (Lipinski definition) is 8. The van der Waals surface area contributed by atoms with Crippen LogP contribution in [0.5, 0.6) is 5.75 Å². The normalized spacial score (nSPS) is 15.4. The lowest BCUT2D eigenvalue weighted by Crippen LogP contribution is -2.46. The fraction of sp³-hybridized carbons (Fsp3) is 0.577. The van der Waals surface area contributed by atoms with Crippen LogP contribution in [0.25, 0.3) is 0 Å². The number of benzene rings is 1. The van der Waals surface area contributed by atoms with Gasteiger partial charge in [-0.2, -0.15) is 0 Å². The molecule has 2 unspecified atom stereocenters. The first-order valence-electron chi connectivity index (χ1n) is 12.7. The third kappa shape index (κ3) is 9.02. The third-order valence-electron chi connectivity index (χ3n) is 5.73. The van der Waals surface area contributed by atoms with Gasteiger partial charge < -0.3 is 35.7 Å². The Bertz CT molecular complexity index is 1010. The first kappa shape index (κ1) is 30.6. The zero-order valence-corrected chi connectivity index (χ0v) is 22.2. The fourth-order valence-electron chi connectivity index (χ4n) is 4.00. The molecule has 2 atom stereocenters. The number of alkyl carbamates (subject to hydrolysis) is 1. The van der Waals surface area contributed by atoms with E-state index in [-0.39, 0.29) is 42.2 Å². The molecule has 1 aliphatic rings. The number of rotatable bonds is 15. The highest BCUT2D eigenvalue weighted by molar-refractivity contribution is 6.02. The molecule has 0 aromatic heterocycles. The Kier molecular flexibility index (Phi) is 11.5. The highest BCUT2D eigenvalue weighted by atomic mass is 16.6. The molecule has 1 aromatic carbocycles. The van der Waals surface area contributed by atoms with Crippen molar-refractivity contribution in [3.8, 4) is 5.75 Å². The molecule has 1 heterocycles. The highest BCUT2D eigenvalue weighted by Crippen LogP contribution is 2.39. The molecule has 2 rings (SSSR count). The smallest absolute Gasteiger partial charge is 0.407 e. The molecule has 1 aromatic rings. The van der Waals surface area contributed by atoms with Crippen molar-refractivity contribution in [1.29, 1.82) is 0 Å². The molecule has 0 saturated carbocycles. The largest absolute Gasteiger partial charge is 0.483 e. The van der Waals surface area contributed by atoms with Gasteiger partial charge in [-0.25, -0.2) is 4.79 Å². The van der Waals surface area contributed by atoms with E-state index in [0.29, 0.717) is 19.4 Å². The number of carbonyl (C=O) groups is 5. The van der Waals surface area contributed by atoms with Crippen LogP contribution in [0.3, 0.4) is 0 Å². The summed E-state index contributed by atoms with van der Waals surface area (Å²) < 4.78 is 10.8. The lowest BCUT2D eigenvalue weighted by Gasteiger charge is -2.28. The van der Waals surface area contributed by atoms with E-state index < -0.39 is 35.8 Å². The Labute approximate surface area is 222 Å². The molecule has 1 aliphatic heterocycles. The van der Waals surface area contributed by atoms with E-state index in [9.17, 15) is 29.1 Å². The second-order valence-corrected chi connectivity index (χ2v) is 9.95. The number of aldehydes is 1. The molecule has 210 valence electrons. The Morgan fingerprint density at radius 3 is 2.39 bits per heavy atom. The van der Waals surface area contributed by atoms with Crippen molar-refractivity contribution in [1.82, 2.24) is 15.5 Å². The molecule has 12 heteroatoms. The fourth-order valence-corrected chi connectivity index (χ4v) is 4.00. The molecule has 0 radical (unpaired) electrons. The van der Waals surface area contributed by atoms with Crippen LogP contribution >= 0.6 is 0 Å². The molecule has 12 nitrogen and oxygen atoms in total. The van der Waals surface area contributed by atoms with Gasteiger partial charge in [-0.1, -0.05) is 18.9 Å². The molecular formula is C26H38N4O8. The summed E-state index contributed by atoms with van der Waals surface area (Å²) in [4.78, 5) is 60.3. The van der Waals surface area contributed by atoms with E-state index in [1.807, 2.05) is 0 Å². The minimum Gasteiger partial charge on any atom is -0.483 e. The van der Waals surface area contributed by atoms with Crippen LogP contribution in [0.1, 0.15) is 81.4 Å². The zero-order valence-electron chi connectivity index (χ0n) is 22.2. The quantitative estimate of drug-likeness (QED) is 0.193. The lowest BCUT2D eigenvalue weighted by molar-refractivity contribution is -0.126. The van der Waals surface area contributed by atoms with Gasteiger partial charge in [0.25, 0.3) is 11.8 Å². The van der Waals surface area contributed by atoms with Gasteiger partial charge in [-0.15, -0.1) is 0 Å². The number of aliphatic hydroxyl groups excluding tert-OH is 1. The van der Waals surface area contributed by atoms with Crippen molar-refractivity contribution >= 4 is 30.1 Å². The number of hydrogen-bond donors (Lipinski definition) is 4. The summed E-state index contributed by atoms with van der Waals surface area (Å²) >= 11 is 0. The Morgan fingerprint density at radius 1 is 1.13 bits per heavy atom. The lowest BCUT2D eigenvalue weighted by atomic mass is 10.1. The van der Waals surface area contributed by atoms with Crippen molar-refractivity contribution in [3.63, 3.8) is 0 Å². The standard InChI is InChI=1S/C26H38N4O8/c1-26(2,3)38-25(36)29-14-7-5-4-6-13-28-20(32)16-37-19-12-8-10-17-21(19)24(35)30(23(17)34)18(22(27)33)11-9-15-31/h8,10,12,15,18,24,35H,4-7,9,11,13-14,16H2,1-3H3,(H2,27,33)(H,28,32)(H,29,36). The monoisotopic (exact) mass is 534 g/mol. The maximum atomic E-state index is 12.9. The predicted octanol–water partition coefficient (Wildman–Crippen LogP) is 1.55. The Morgan fingerprint density at radius 2 is 1.79 bits per heavy atom. The van der Waals surface area contributed by atoms with Gasteiger partial charge in [-0.3, -0.25) is 19.3 Å².